The Morgan fingerprint density at radius 3 is 2.58 bits per heavy atom. The average Bonchev–Trinajstić information content (AvgIpc) is 2.47. The van der Waals surface area contributed by atoms with Crippen LogP contribution in [0.5, 0.6) is 5.75 Å². The largest absolute Gasteiger partial charge is 0.488 e. The van der Waals surface area contributed by atoms with Crippen LogP contribution >= 0.6 is 0 Å². The van der Waals surface area contributed by atoms with Gasteiger partial charge in [0.25, 0.3) is 0 Å². The van der Waals surface area contributed by atoms with E-state index in [1.165, 1.54) is 0 Å². The van der Waals surface area contributed by atoms with E-state index in [1.54, 1.807) is 18.2 Å². The number of nitriles is 1. The first-order chi connectivity index (χ1) is 9.33. The van der Waals surface area contributed by atoms with Gasteiger partial charge in [0.05, 0.1) is 5.56 Å². The van der Waals surface area contributed by atoms with Gasteiger partial charge in [-0.25, -0.2) is 0 Å². The Bertz CT molecular complexity index is 600. The Balaban J connectivity index is 2.12. The third kappa shape index (κ3) is 3.43. The van der Waals surface area contributed by atoms with Gasteiger partial charge in [-0.15, -0.1) is 0 Å². The number of aldehydes is 1. The molecule has 2 rings (SSSR count). The van der Waals surface area contributed by atoms with Crippen molar-refractivity contribution in [2.45, 2.75) is 13.0 Å². The van der Waals surface area contributed by atoms with Gasteiger partial charge in [0.1, 0.15) is 24.7 Å². The van der Waals surface area contributed by atoms with Crippen molar-refractivity contribution in [2.75, 3.05) is 0 Å². The Kier molecular flexibility index (Phi) is 4.30. The number of carbonyl (C=O) groups is 1. The van der Waals surface area contributed by atoms with Gasteiger partial charge >= 0.3 is 0 Å². The van der Waals surface area contributed by atoms with Crippen LogP contribution in [0.3, 0.4) is 0 Å². The zero-order chi connectivity index (χ0) is 13.5. The lowest BCUT2D eigenvalue weighted by atomic mass is 10.1. The topological polar surface area (TPSA) is 50.1 Å². The normalized spacial score (nSPS) is 9.63. The molecule has 19 heavy (non-hydrogen) atoms. The van der Waals surface area contributed by atoms with Gasteiger partial charge in [0.15, 0.2) is 0 Å². The highest BCUT2D eigenvalue weighted by molar-refractivity contribution is 5.57. The van der Waals surface area contributed by atoms with Gasteiger partial charge in [0, 0.05) is 6.42 Å². The van der Waals surface area contributed by atoms with Crippen LogP contribution in [0, 0.1) is 11.3 Å². The zero-order valence-corrected chi connectivity index (χ0v) is 10.4. The number of nitrogens with zero attached hydrogens (tertiary/aromatic N) is 1. The predicted octanol–water partition coefficient (Wildman–Crippen LogP) is 2.88. The molecule has 0 unspecified atom stereocenters. The second-order valence-corrected chi connectivity index (χ2v) is 4.09. The van der Waals surface area contributed by atoms with Crippen molar-refractivity contribution in [3.63, 3.8) is 0 Å². The molecule has 0 aliphatic heterocycles. The van der Waals surface area contributed by atoms with Gasteiger partial charge in [-0.3, -0.25) is 0 Å². The molecule has 0 fully saturated rings. The van der Waals surface area contributed by atoms with Crippen LogP contribution in [0.15, 0.2) is 48.5 Å². The Labute approximate surface area is 112 Å². The van der Waals surface area contributed by atoms with Gasteiger partial charge < -0.3 is 9.53 Å². The van der Waals surface area contributed by atoms with Crippen molar-refractivity contribution in [3.05, 3.63) is 65.2 Å². The molecule has 0 atom stereocenters. The summed E-state index contributed by atoms with van der Waals surface area (Å²) < 4.78 is 5.64. The Hall–Kier alpha value is -2.60. The summed E-state index contributed by atoms with van der Waals surface area (Å²) in [7, 11) is 0. The van der Waals surface area contributed by atoms with Crippen molar-refractivity contribution < 1.29 is 9.53 Å². The fourth-order valence-electron chi connectivity index (χ4n) is 1.75. The summed E-state index contributed by atoms with van der Waals surface area (Å²) in [6.07, 6.45) is 1.13. The molecule has 0 saturated heterocycles. The van der Waals surface area contributed by atoms with E-state index in [9.17, 15) is 4.79 Å². The Morgan fingerprint density at radius 2 is 1.89 bits per heavy atom. The fourth-order valence-corrected chi connectivity index (χ4v) is 1.75. The maximum absolute atomic E-state index is 10.5. The number of carbonyl (C=O) groups excluding carboxylic acids is 1. The van der Waals surface area contributed by atoms with E-state index in [0.29, 0.717) is 24.3 Å². The summed E-state index contributed by atoms with van der Waals surface area (Å²) in [5.41, 5.74) is 2.32. The quantitative estimate of drug-likeness (QED) is 0.768. The zero-order valence-electron chi connectivity index (χ0n) is 10.4. The summed E-state index contributed by atoms with van der Waals surface area (Å²) in [5, 5.41) is 9.09. The number of rotatable bonds is 5. The highest BCUT2D eigenvalue weighted by atomic mass is 16.5. The average molecular weight is 251 g/mol. The van der Waals surface area contributed by atoms with E-state index in [-0.39, 0.29) is 0 Å². The molecule has 0 spiro atoms. The number of hydrogen-bond donors (Lipinski definition) is 0. The molecule has 3 heteroatoms. The second-order valence-electron chi connectivity index (χ2n) is 4.09. The molecular weight excluding hydrogens is 238 g/mol. The number of hydrogen-bond acceptors (Lipinski definition) is 3. The SMILES string of the molecule is N#Cc1cc(CC=O)ccc1OCc1ccccc1. The van der Waals surface area contributed by atoms with Crippen LogP contribution in [-0.2, 0) is 17.8 Å². The smallest absolute Gasteiger partial charge is 0.137 e. The molecule has 0 amide bonds. The third-order valence-electron chi connectivity index (χ3n) is 2.72. The highest BCUT2D eigenvalue weighted by Gasteiger charge is 2.05. The highest BCUT2D eigenvalue weighted by Crippen LogP contribution is 2.20. The molecule has 0 aliphatic rings. The van der Waals surface area contributed by atoms with E-state index >= 15 is 0 Å². The Morgan fingerprint density at radius 1 is 1.11 bits per heavy atom. The van der Waals surface area contributed by atoms with E-state index in [1.807, 2.05) is 30.3 Å². The molecule has 0 heterocycles. The van der Waals surface area contributed by atoms with Crippen LogP contribution in [0.1, 0.15) is 16.7 Å². The first-order valence-corrected chi connectivity index (χ1v) is 5.97. The van der Waals surface area contributed by atoms with Crippen LogP contribution in [0.25, 0.3) is 0 Å². The number of ether oxygens (including phenoxy) is 1. The van der Waals surface area contributed by atoms with E-state index in [2.05, 4.69) is 6.07 Å². The van der Waals surface area contributed by atoms with Crippen molar-refractivity contribution in [1.29, 1.82) is 5.26 Å². The first-order valence-electron chi connectivity index (χ1n) is 5.97. The first kappa shape index (κ1) is 12.8. The molecule has 3 nitrogen and oxygen atoms in total. The van der Waals surface area contributed by atoms with Crippen LogP contribution < -0.4 is 4.74 Å². The van der Waals surface area contributed by atoms with E-state index in [0.717, 1.165) is 17.4 Å². The summed E-state index contributed by atoms with van der Waals surface area (Å²) in [5.74, 6) is 0.543. The molecule has 0 saturated carbocycles. The van der Waals surface area contributed by atoms with E-state index < -0.39 is 0 Å². The van der Waals surface area contributed by atoms with Gasteiger partial charge in [0.2, 0.25) is 0 Å². The molecule has 0 radical (unpaired) electrons. The minimum atomic E-state index is 0.313. The van der Waals surface area contributed by atoms with Crippen LogP contribution in [0.4, 0.5) is 0 Å². The molecule has 0 aromatic heterocycles. The van der Waals surface area contributed by atoms with Crippen molar-refractivity contribution in [2.24, 2.45) is 0 Å². The summed E-state index contributed by atoms with van der Waals surface area (Å²) >= 11 is 0. The minimum Gasteiger partial charge on any atom is -0.488 e. The molecule has 0 aliphatic carbocycles. The summed E-state index contributed by atoms with van der Waals surface area (Å²) in [6.45, 7) is 0.419. The standard InChI is InChI=1S/C16H13NO2/c17-11-15-10-13(8-9-18)6-7-16(15)19-12-14-4-2-1-3-5-14/h1-7,9-10H,8,12H2. The molecule has 94 valence electrons. The maximum atomic E-state index is 10.5. The monoisotopic (exact) mass is 251 g/mol. The van der Waals surface area contributed by atoms with Gasteiger partial charge in [-0.05, 0) is 23.3 Å². The van der Waals surface area contributed by atoms with Crippen molar-refractivity contribution >= 4 is 6.29 Å². The van der Waals surface area contributed by atoms with Crippen LogP contribution in [0.2, 0.25) is 0 Å². The molecule has 2 aromatic rings. The molecule has 0 bridgehead atoms. The van der Waals surface area contributed by atoms with Gasteiger partial charge in [-0.2, -0.15) is 5.26 Å². The summed E-state index contributed by atoms with van der Waals surface area (Å²) in [6, 6.07) is 17.1. The predicted molar refractivity (Wildman–Crippen MR) is 71.7 cm³/mol. The lowest BCUT2D eigenvalue weighted by Gasteiger charge is -2.08. The summed E-state index contributed by atoms with van der Waals surface area (Å²) in [4.78, 5) is 10.5. The second kappa shape index (κ2) is 6.36. The van der Waals surface area contributed by atoms with E-state index in [4.69, 9.17) is 10.00 Å². The van der Waals surface area contributed by atoms with Gasteiger partial charge in [-0.1, -0.05) is 36.4 Å². The van der Waals surface area contributed by atoms with Crippen molar-refractivity contribution in [1.82, 2.24) is 0 Å². The number of benzene rings is 2. The maximum Gasteiger partial charge on any atom is 0.137 e. The molecule has 2 aromatic carbocycles. The molecule has 0 N–H and O–H groups in total. The lowest BCUT2D eigenvalue weighted by Crippen LogP contribution is -1.98. The fraction of sp³-hybridized carbons (Fsp3) is 0.125. The van der Waals surface area contributed by atoms with Crippen molar-refractivity contribution in [3.8, 4) is 11.8 Å². The minimum absolute atomic E-state index is 0.313. The molecular formula is C16H13NO2. The third-order valence-corrected chi connectivity index (χ3v) is 2.72. The van der Waals surface area contributed by atoms with Crippen LogP contribution in [-0.4, -0.2) is 6.29 Å². The lowest BCUT2D eigenvalue weighted by molar-refractivity contribution is -0.107.